The van der Waals surface area contributed by atoms with Crippen LogP contribution in [0.1, 0.15) is 18.9 Å². The molecular weight excluding hydrogens is 320 g/mol. The zero-order chi connectivity index (χ0) is 16.2. The summed E-state index contributed by atoms with van der Waals surface area (Å²) in [5.74, 6) is 7.54. The number of aromatic nitrogens is 3. The average Bonchev–Trinajstić information content (AvgIpc) is 2.93. The van der Waals surface area contributed by atoms with Crippen LogP contribution in [0.25, 0.3) is 0 Å². The summed E-state index contributed by atoms with van der Waals surface area (Å²) in [6, 6.07) is 7.38. The van der Waals surface area contributed by atoms with E-state index in [1.165, 1.54) is 4.68 Å². The highest BCUT2D eigenvalue weighted by molar-refractivity contribution is 7.99. The largest absolute Gasteiger partial charge is 0.485 e. The summed E-state index contributed by atoms with van der Waals surface area (Å²) in [5.41, 5.74) is 0. The average molecular weight is 336 g/mol. The van der Waals surface area contributed by atoms with Crippen LogP contribution in [0.15, 0.2) is 29.4 Å². The smallest absolute Gasteiger partial charge is 0.316 e. The molecule has 0 aliphatic carbocycles. The third-order valence-electron chi connectivity index (χ3n) is 3.11. The van der Waals surface area contributed by atoms with Gasteiger partial charge in [-0.15, -0.1) is 10.2 Å². The first kappa shape index (κ1) is 15.5. The van der Waals surface area contributed by atoms with E-state index >= 15 is 0 Å². The topological polar surface area (TPSA) is 101 Å². The third kappa shape index (κ3) is 3.34. The van der Waals surface area contributed by atoms with Gasteiger partial charge >= 0.3 is 5.97 Å². The van der Waals surface area contributed by atoms with Crippen LogP contribution in [0.2, 0.25) is 0 Å². The Morgan fingerprint density at radius 2 is 2.22 bits per heavy atom. The summed E-state index contributed by atoms with van der Waals surface area (Å²) in [4.78, 5) is 11.4. The third-order valence-corrected chi connectivity index (χ3v) is 4.03. The number of thioether (sulfide) groups is 1. The number of carbonyl (C=O) groups is 1. The summed E-state index contributed by atoms with van der Waals surface area (Å²) in [5, 5.41) is 8.45. The maximum atomic E-state index is 11.4. The summed E-state index contributed by atoms with van der Waals surface area (Å²) in [6.45, 7) is 2.38. The van der Waals surface area contributed by atoms with Crippen molar-refractivity contribution in [3.05, 3.63) is 30.1 Å². The highest BCUT2D eigenvalue weighted by atomic mass is 32.2. The van der Waals surface area contributed by atoms with Gasteiger partial charge in [-0.1, -0.05) is 23.9 Å². The second-order valence-electron chi connectivity index (χ2n) is 4.67. The molecule has 1 unspecified atom stereocenters. The fourth-order valence-corrected chi connectivity index (χ4v) is 2.74. The lowest BCUT2D eigenvalue weighted by Gasteiger charge is -2.25. The van der Waals surface area contributed by atoms with E-state index in [1.54, 1.807) is 6.92 Å². The van der Waals surface area contributed by atoms with Gasteiger partial charge in [0.25, 0.3) is 0 Å². The van der Waals surface area contributed by atoms with Crippen molar-refractivity contribution in [2.24, 2.45) is 0 Å². The molecule has 0 amide bonds. The van der Waals surface area contributed by atoms with Gasteiger partial charge in [0.05, 0.1) is 12.4 Å². The Balaban J connectivity index is 1.69. The van der Waals surface area contributed by atoms with E-state index in [1.807, 2.05) is 24.3 Å². The van der Waals surface area contributed by atoms with E-state index in [9.17, 15) is 4.79 Å². The van der Waals surface area contributed by atoms with Crippen LogP contribution in [0.3, 0.4) is 0 Å². The van der Waals surface area contributed by atoms with Crippen molar-refractivity contribution in [1.29, 1.82) is 0 Å². The zero-order valence-corrected chi connectivity index (χ0v) is 13.3. The molecule has 122 valence electrons. The Labute approximate surface area is 136 Å². The molecule has 1 aliphatic rings. The number of benzene rings is 1. The number of carbonyl (C=O) groups excluding carboxylic acids is 1. The second-order valence-corrected chi connectivity index (χ2v) is 5.61. The fourth-order valence-electron chi connectivity index (χ4n) is 2.08. The van der Waals surface area contributed by atoms with Gasteiger partial charge < -0.3 is 20.1 Å². The van der Waals surface area contributed by atoms with Crippen LogP contribution >= 0.6 is 11.8 Å². The minimum Gasteiger partial charge on any atom is -0.485 e. The molecule has 0 spiro atoms. The van der Waals surface area contributed by atoms with E-state index in [2.05, 4.69) is 10.2 Å². The van der Waals surface area contributed by atoms with Crippen LogP contribution in [-0.2, 0) is 9.53 Å². The summed E-state index contributed by atoms with van der Waals surface area (Å²) >= 11 is 1.16. The summed E-state index contributed by atoms with van der Waals surface area (Å²) in [7, 11) is 0. The van der Waals surface area contributed by atoms with Crippen molar-refractivity contribution in [2.45, 2.75) is 18.2 Å². The number of hydrogen-bond acceptors (Lipinski definition) is 8. The first-order chi connectivity index (χ1) is 11.2. The number of para-hydroxylation sites is 2. The van der Waals surface area contributed by atoms with E-state index in [4.69, 9.17) is 20.1 Å². The van der Waals surface area contributed by atoms with Gasteiger partial charge in [0.15, 0.2) is 23.4 Å². The summed E-state index contributed by atoms with van der Waals surface area (Å²) < 4.78 is 17.7. The molecule has 0 radical (unpaired) electrons. The van der Waals surface area contributed by atoms with Gasteiger partial charge in [-0.2, -0.15) is 0 Å². The van der Waals surface area contributed by atoms with E-state index in [0.29, 0.717) is 29.1 Å². The molecule has 1 aromatic carbocycles. The Morgan fingerprint density at radius 3 is 3.00 bits per heavy atom. The quantitative estimate of drug-likeness (QED) is 0.493. The Morgan fingerprint density at radius 1 is 1.43 bits per heavy atom. The number of nitrogens with zero attached hydrogens (tertiary/aromatic N) is 3. The molecule has 2 heterocycles. The number of hydrogen-bond donors (Lipinski definition) is 1. The van der Waals surface area contributed by atoms with Gasteiger partial charge in [-0.3, -0.25) is 4.79 Å². The Bertz CT molecular complexity index is 706. The van der Waals surface area contributed by atoms with Gasteiger partial charge in [0, 0.05) is 0 Å². The molecule has 2 aromatic rings. The first-order valence-electron chi connectivity index (χ1n) is 7.06. The molecule has 0 saturated heterocycles. The molecule has 0 bridgehead atoms. The molecule has 1 aromatic heterocycles. The first-order valence-corrected chi connectivity index (χ1v) is 8.05. The van der Waals surface area contributed by atoms with Crippen LogP contribution in [0.4, 0.5) is 0 Å². The predicted molar refractivity (Wildman–Crippen MR) is 82.8 cm³/mol. The lowest BCUT2D eigenvalue weighted by Crippen LogP contribution is -2.27. The summed E-state index contributed by atoms with van der Waals surface area (Å²) in [6.07, 6.45) is -0.459. The number of nitrogens with two attached hydrogens (primary N) is 1. The molecule has 3 rings (SSSR count). The fraction of sp³-hybridized carbons (Fsp3) is 0.357. The van der Waals surface area contributed by atoms with Gasteiger partial charge in [-0.25, -0.2) is 4.68 Å². The highest BCUT2D eigenvalue weighted by Crippen LogP contribution is 2.35. The maximum Gasteiger partial charge on any atom is 0.316 e. The molecule has 8 nitrogen and oxygen atoms in total. The van der Waals surface area contributed by atoms with Crippen molar-refractivity contribution in [3.8, 4) is 11.5 Å². The molecule has 23 heavy (non-hydrogen) atoms. The molecule has 1 atom stereocenters. The lowest BCUT2D eigenvalue weighted by atomic mass is 10.2. The molecule has 2 N–H and O–H groups in total. The van der Waals surface area contributed by atoms with E-state index < -0.39 is 6.10 Å². The van der Waals surface area contributed by atoms with Crippen molar-refractivity contribution in [1.82, 2.24) is 14.9 Å². The van der Waals surface area contributed by atoms with Crippen LogP contribution < -0.4 is 15.3 Å². The van der Waals surface area contributed by atoms with Gasteiger partial charge in [-0.05, 0) is 19.1 Å². The number of ether oxygens (including phenoxy) is 3. The monoisotopic (exact) mass is 336 g/mol. The van der Waals surface area contributed by atoms with Gasteiger partial charge in [0.1, 0.15) is 6.61 Å². The molecular formula is C14H16N4O4S. The molecule has 0 fully saturated rings. The highest BCUT2D eigenvalue weighted by Gasteiger charge is 2.28. The number of nitrogen functional groups attached to an aromatic ring is 1. The minimum absolute atomic E-state index is 0.119. The molecule has 0 saturated carbocycles. The second kappa shape index (κ2) is 6.78. The minimum atomic E-state index is -0.459. The van der Waals surface area contributed by atoms with Crippen molar-refractivity contribution in [2.75, 3.05) is 24.8 Å². The lowest BCUT2D eigenvalue weighted by molar-refractivity contribution is -0.139. The Hall–Kier alpha value is -2.42. The standard InChI is InChI=1S/C14H16N4O4S/c1-2-20-12(19)8-23-14-17-16-13(18(14)15)11-7-21-9-5-3-4-6-10(9)22-11/h3-6,11H,2,7-8,15H2,1H3. The number of esters is 1. The number of rotatable bonds is 5. The zero-order valence-electron chi connectivity index (χ0n) is 12.5. The van der Waals surface area contributed by atoms with E-state index in [-0.39, 0.29) is 18.3 Å². The van der Waals surface area contributed by atoms with Crippen LogP contribution in [0.5, 0.6) is 11.5 Å². The van der Waals surface area contributed by atoms with Crippen molar-refractivity contribution >= 4 is 17.7 Å². The Kier molecular flexibility index (Phi) is 4.56. The number of fused-ring (bicyclic) bond motifs is 1. The predicted octanol–water partition coefficient (Wildman–Crippen LogP) is 1.16. The molecule has 1 aliphatic heterocycles. The van der Waals surface area contributed by atoms with Gasteiger partial charge in [0.2, 0.25) is 5.16 Å². The van der Waals surface area contributed by atoms with Crippen molar-refractivity contribution in [3.63, 3.8) is 0 Å². The normalized spacial score (nSPS) is 16.1. The SMILES string of the molecule is CCOC(=O)CSc1nnc(C2COc3ccccc3O2)n1N. The van der Waals surface area contributed by atoms with Crippen LogP contribution in [0, 0.1) is 0 Å². The van der Waals surface area contributed by atoms with Crippen LogP contribution in [-0.4, -0.2) is 39.8 Å². The molecule has 9 heteroatoms. The van der Waals surface area contributed by atoms with Crippen molar-refractivity contribution < 1.29 is 19.0 Å². The maximum absolute atomic E-state index is 11.4. The van der Waals surface area contributed by atoms with E-state index in [0.717, 1.165) is 11.8 Å².